The Kier molecular flexibility index (Phi) is 11.7. The lowest BCUT2D eigenvalue weighted by Gasteiger charge is -2.40. The number of anilines is 1. The minimum Gasteiger partial charge on any atom is -0.497 e. The monoisotopic (exact) mass is 663 g/mol. The first-order valence-corrected chi connectivity index (χ1v) is 17.6. The topological polar surface area (TPSA) is 126 Å². The van der Waals surface area contributed by atoms with Crippen molar-refractivity contribution >= 4 is 15.7 Å². The highest BCUT2D eigenvalue weighted by atomic mass is 32.2. The fourth-order valence-corrected chi connectivity index (χ4v) is 7.85. The molecule has 0 bridgehead atoms. The summed E-state index contributed by atoms with van der Waals surface area (Å²) >= 11 is 0. The van der Waals surface area contributed by atoms with Crippen LogP contribution in [0.4, 0.5) is 5.69 Å². The predicted molar refractivity (Wildman–Crippen MR) is 182 cm³/mol. The fraction of sp³-hybridized carbons (Fsp3) is 0.486. The van der Waals surface area contributed by atoms with Crippen LogP contribution in [-0.2, 0) is 19.5 Å². The fourth-order valence-electron chi connectivity index (χ4n) is 6.38. The Bertz CT molecular complexity index is 1630. The molecule has 47 heavy (non-hydrogen) atoms. The van der Waals surface area contributed by atoms with Crippen molar-refractivity contribution in [3.63, 3.8) is 0 Å². The summed E-state index contributed by atoms with van der Waals surface area (Å²) in [5.41, 5.74) is 13.2. The molecule has 3 aromatic rings. The molecule has 252 valence electrons. The average Bonchev–Trinajstić information content (AvgIpc) is 3.08. The smallest absolute Gasteiger partial charge is 0.243 e. The van der Waals surface area contributed by atoms with Gasteiger partial charge in [-0.2, -0.15) is 4.31 Å². The molecule has 4 atom stereocenters. The first kappa shape index (κ1) is 34.5. The molecule has 11 nitrogen and oxygen atoms in total. The van der Waals surface area contributed by atoms with E-state index in [4.69, 9.17) is 18.9 Å². The van der Waals surface area contributed by atoms with E-state index in [1.165, 1.54) is 4.31 Å². The number of fused-ring (bicyclic) bond motifs is 1. The van der Waals surface area contributed by atoms with Crippen LogP contribution in [0.15, 0.2) is 76.7 Å². The summed E-state index contributed by atoms with van der Waals surface area (Å²) in [6.45, 7) is 7.18. The summed E-state index contributed by atoms with van der Waals surface area (Å²) in [5, 5.41) is 3.96. The second-order valence-corrected chi connectivity index (χ2v) is 14.1. The van der Waals surface area contributed by atoms with Gasteiger partial charge in [-0.25, -0.2) is 8.42 Å². The Labute approximate surface area is 278 Å². The van der Waals surface area contributed by atoms with E-state index in [2.05, 4.69) is 21.0 Å². The van der Waals surface area contributed by atoms with E-state index in [-0.39, 0.29) is 23.4 Å². The van der Waals surface area contributed by atoms with Gasteiger partial charge in [0.1, 0.15) is 18.1 Å². The van der Waals surface area contributed by atoms with Gasteiger partial charge in [-0.1, -0.05) is 47.9 Å². The van der Waals surface area contributed by atoms with Crippen LogP contribution in [-0.4, -0.2) is 78.5 Å². The van der Waals surface area contributed by atoms with E-state index in [1.54, 1.807) is 26.4 Å². The van der Waals surface area contributed by atoms with Crippen LogP contribution >= 0.6 is 0 Å². The van der Waals surface area contributed by atoms with Crippen LogP contribution in [0.5, 0.6) is 11.5 Å². The zero-order valence-electron chi connectivity index (χ0n) is 27.6. The number of hydrogen-bond donors (Lipinski definition) is 0. The van der Waals surface area contributed by atoms with Crippen LogP contribution in [0.3, 0.4) is 0 Å². The number of ether oxygens (including phenoxy) is 4. The van der Waals surface area contributed by atoms with Gasteiger partial charge in [0.2, 0.25) is 10.0 Å². The average molecular weight is 664 g/mol. The Morgan fingerprint density at radius 3 is 2.53 bits per heavy atom. The number of benzene rings is 3. The second kappa shape index (κ2) is 15.9. The predicted octanol–water partition coefficient (Wildman–Crippen LogP) is 6.63. The molecule has 12 heteroatoms. The van der Waals surface area contributed by atoms with Crippen molar-refractivity contribution in [2.24, 2.45) is 5.11 Å². The Balaban J connectivity index is 1.50. The Morgan fingerprint density at radius 2 is 1.83 bits per heavy atom. The molecule has 0 radical (unpaired) electrons. The standard InChI is InChI=1S/C35H45N5O6S/c1-25-6-13-30(14-7-25)47(41,42)40-18-16-31(27-8-11-29(44-4)12-9-27)35(24-40)46-34(22-26(2)37-38-36)28-10-15-33-32(23-28)39(19-21-45-33)17-5-20-43-3/h6-15,23,26,31,34-35H,5,16-22,24H2,1-4H3/t26-,31+,34?,35-/m0/s1. The zero-order chi connectivity index (χ0) is 33.4. The number of nitrogens with zero attached hydrogens (tertiary/aromatic N) is 5. The Morgan fingerprint density at radius 1 is 1.06 bits per heavy atom. The van der Waals surface area contributed by atoms with Crippen molar-refractivity contribution in [2.45, 2.75) is 62.2 Å². The lowest BCUT2D eigenvalue weighted by Crippen LogP contribution is -2.47. The highest BCUT2D eigenvalue weighted by Crippen LogP contribution is 2.40. The van der Waals surface area contributed by atoms with Crippen molar-refractivity contribution in [1.29, 1.82) is 0 Å². The highest BCUT2D eigenvalue weighted by Gasteiger charge is 2.39. The minimum atomic E-state index is -3.76. The van der Waals surface area contributed by atoms with E-state index in [9.17, 15) is 13.9 Å². The lowest BCUT2D eigenvalue weighted by molar-refractivity contribution is -0.0539. The number of methoxy groups -OCH3 is 2. The van der Waals surface area contributed by atoms with Crippen molar-refractivity contribution in [3.8, 4) is 11.5 Å². The van der Waals surface area contributed by atoms with E-state index in [0.29, 0.717) is 32.6 Å². The third kappa shape index (κ3) is 8.38. The number of sulfonamides is 1. The molecule has 2 aliphatic heterocycles. The molecule has 1 saturated heterocycles. The largest absolute Gasteiger partial charge is 0.497 e. The molecule has 0 N–H and O–H groups in total. The summed E-state index contributed by atoms with van der Waals surface area (Å²) in [5.74, 6) is 1.48. The van der Waals surface area contributed by atoms with Gasteiger partial charge in [-0.05, 0) is 79.2 Å². The molecule has 2 heterocycles. The van der Waals surface area contributed by atoms with Gasteiger partial charge in [0.25, 0.3) is 0 Å². The lowest BCUT2D eigenvalue weighted by atomic mass is 9.87. The van der Waals surface area contributed by atoms with Crippen LogP contribution < -0.4 is 14.4 Å². The van der Waals surface area contributed by atoms with Crippen LogP contribution in [0.25, 0.3) is 10.4 Å². The van der Waals surface area contributed by atoms with Crippen molar-refractivity contribution in [3.05, 3.63) is 93.9 Å². The summed E-state index contributed by atoms with van der Waals surface area (Å²) in [7, 11) is -0.421. The quantitative estimate of drug-likeness (QED) is 0.0820. The van der Waals surface area contributed by atoms with Crippen LogP contribution in [0.1, 0.15) is 54.9 Å². The molecule has 0 saturated carbocycles. The SMILES string of the molecule is COCCCN1CCOc2ccc(C(C[C@H](C)N=[N+]=[N-])O[C@H]3CN(S(=O)(=O)c4ccc(C)cc4)CC[C@@H]3c3ccc(OC)cc3)cc21. The number of piperidine rings is 1. The molecule has 1 unspecified atom stereocenters. The van der Waals surface area contributed by atoms with E-state index in [0.717, 1.165) is 53.4 Å². The molecule has 1 fully saturated rings. The maximum Gasteiger partial charge on any atom is 0.243 e. The highest BCUT2D eigenvalue weighted by molar-refractivity contribution is 7.89. The van der Waals surface area contributed by atoms with Crippen molar-refractivity contribution < 1.29 is 27.4 Å². The normalized spacial score (nSPS) is 19.6. The minimum absolute atomic E-state index is 0.0749. The Hall–Kier alpha value is -3.80. The van der Waals surface area contributed by atoms with Crippen LogP contribution in [0.2, 0.25) is 0 Å². The molecule has 3 aromatic carbocycles. The summed E-state index contributed by atoms with van der Waals surface area (Å²) in [6.07, 6.45) is 0.919. The molecule has 0 aromatic heterocycles. The van der Waals surface area contributed by atoms with Gasteiger partial charge in [-0.15, -0.1) is 0 Å². The number of aryl methyl sites for hydroxylation is 1. The van der Waals surface area contributed by atoms with Gasteiger partial charge in [-0.3, -0.25) is 0 Å². The number of azide groups is 1. The molecule has 0 spiro atoms. The van der Waals surface area contributed by atoms with E-state index >= 15 is 0 Å². The van der Waals surface area contributed by atoms with Gasteiger partial charge in [0.05, 0.1) is 36.4 Å². The zero-order valence-corrected chi connectivity index (χ0v) is 28.4. The molecular formula is C35H45N5O6S. The van der Waals surface area contributed by atoms with Crippen molar-refractivity contribution in [1.82, 2.24) is 4.31 Å². The van der Waals surface area contributed by atoms with E-state index < -0.39 is 22.2 Å². The van der Waals surface area contributed by atoms with E-state index in [1.807, 2.05) is 62.4 Å². The van der Waals surface area contributed by atoms with Crippen molar-refractivity contribution in [2.75, 3.05) is 58.5 Å². The third-order valence-electron chi connectivity index (χ3n) is 8.96. The molecule has 0 amide bonds. The maximum atomic E-state index is 13.9. The summed E-state index contributed by atoms with van der Waals surface area (Å²) < 4.78 is 53.0. The maximum absolute atomic E-state index is 13.9. The van der Waals surface area contributed by atoms with Gasteiger partial charge in [0.15, 0.2) is 0 Å². The van der Waals surface area contributed by atoms with Gasteiger partial charge in [0, 0.05) is 50.2 Å². The van der Waals surface area contributed by atoms with Crippen LogP contribution in [0, 0.1) is 6.92 Å². The molecule has 0 aliphatic carbocycles. The number of rotatable bonds is 14. The van der Waals surface area contributed by atoms with Gasteiger partial charge >= 0.3 is 0 Å². The first-order chi connectivity index (χ1) is 22.7. The molecular weight excluding hydrogens is 618 g/mol. The number of hydrogen-bond acceptors (Lipinski definition) is 8. The second-order valence-electron chi connectivity index (χ2n) is 12.2. The first-order valence-electron chi connectivity index (χ1n) is 16.1. The van der Waals surface area contributed by atoms with Gasteiger partial charge < -0.3 is 23.8 Å². The molecule has 2 aliphatic rings. The summed E-state index contributed by atoms with van der Waals surface area (Å²) in [6, 6.07) is 20.6. The molecule has 5 rings (SSSR count). The summed E-state index contributed by atoms with van der Waals surface area (Å²) in [4.78, 5) is 5.61. The third-order valence-corrected chi connectivity index (χ3v) is 10.8.